The Kier molecular flexibility index (Phi) is 5.27. The summed E-state index contributed by atoms with van der Waals surface area (Å²) in [5.41, 5.74) is 2.18. The maximum atomic E-state index is 12.8. The molecule has 1 amide bonds. The Bertz CT molecular complexity index is 1010. The molecule has 8 heteroatoms. The fourth-order valence-corrected chi connectivity index (χ4v) is 3.79. The van der Waals surface area contributed by atoms with Crippen LogP contribution in [0.1, 0.15) is 42.5 Å². The second kappa shape index (κ2) is 7.24. The molecule has 28 heavy (non-hydrogen) atoms. The van der Waals surface area contributed by atoms with Crippen molar-refractivity contribution in [3.8, 4) is 0 Å². The van der Waals surface area contributed by atoms with Crippen LogP contribution in [0.25, 0.3) is 11.0 Å². The number of alkyl halides is 3. The first-order valence-corrected chi connectivity index (χ1v) is 9.66. The molecular weight excluding hydrogens is 387 g/mol. The van der Waals surface area contributed by atoms with E-state index in [1.54, 1.807) is 12.3 Å². The number of amides is 1. The number of halogens is 3. The lowest BCUT2D eigenvalue weighted by Crippen LogP contribution is -2.20. The summed E-state index contributed by atoms with van der Waals surface area (Å²) in [5.74, 6) is 0.412. The van der Waals surface area contributed by atoms with Crippen LogP contribution in [0.4, 0.5) is 19.0 Å². The quantitative estimate of drug-likeness (QED) is 0.588. The Morgan fingerprint density at radius 2 is 1.93 bits per heavy atom. The second-order valence-corrected chi connectivity index (χ2v) is 9.22. The number of carbonyl (C=O) groups is 1. The van der Waals surface area contributed by atoms with E-state index >= 15 is 0 Å². The van der Waals surface area contributed by atoms with Gasteiger partial charge in [-0.25, -0.2) is 4.98 Å². The molecule has 0 aromatic carbocycles. The number of aromatic nitrogens is 2. The van der Waals surface area contributed by atoms with Crippen LogP contribution in [0.2, 0.25) is 0 Å². The highest BCUT2D eigenvalue weighted by Gasteiger charge is 2.32. The molecule has 0 atom stereocenters. The highest BCUT2D eigenvalue weighted by molar-refractivity contribution is 7.12. The van der Waals surface area contributed by atoms with E-state index in [9.17, 15) is 18.0 Å². The minimum absolute atomic E-state index is 0.0971. The number of hydrogen-bond acceptors (Lipinski definition) is 3. The van der Waals surface area contributed by atoms with E-state index in [4.69, 9.17) is 0 Å². The normalized spacial score (nSPS) is 12.5. The van der Waals surface area contributed by atoms with Gasteiger partial charge in [0, 0.05) is 17.5 Å². The molecule has 0 saturated heterocycles. The summed E-state index contributed by atoms with van der Waals surface area (Å²) in [5, 5.41) is 2.86. The summed E-state index contributed by atoms with van der Waals surface area (Å²) >= 11 is 0.744. The number of nitrogens with zero attached hydrogens (tertiary/aromatic N) is 2. The zero-order valence-corrected chi connectivity index (χ0v) is 17.0. The van der Waals surface area contributed by atoms with Crippen LogP contribution >= 0.6 is 11.3 Å². The molecule has 4 nitrogen and oxygen atoms in total. The first kappa shape index (κ1) is 20.4. The first-order chi connectivity index (χ1) is 12.9. The molecule has 3 aromatic heterocycles. The Morgan fingerprint density at radius 3 is 2.54 bits per heavy atom. The maximum Gasteiger partial charge on any atom is 0.425 e. The third-order valence-corrected chi connectivity index (χ3v) is 5.27. The Morgan fingerprint density at radius 1 is 1.21 bits per heavy atom. The van der Waals surface area contributed by atoms with Gasteiger partial charge in [0.15, 0.2) is 0 Å². The van der Waals surface area contributed by atoms with E-state index in [-0.39, 0.29) is 11.3 Å². The predicted octanol–water partition coefficient (Wildman–Crippen LogP) is 5.85. The number of fused-ring (bicyclic) bond motifs is 1. The van der Waals surface area contributed by atoms with Crippen LogP contribution in [0.15, 0.2) is 30.5 Å². The van der Waals surface area contributed by atoms with Gasteiger partial charge in [-0.2, -0.15) is 13.2 Å². The molecule has 0 unspecified atom stereocenters. The number of thiophene rings is 1. The van der Waals surface area contributed by atoms with Crippen molar-refractivity contribution in [2.45, 2.75) is 46.8 Å². The molecule has 3 rings (SSSR count). The lowest BCUT2D eigenvalue weighted by molar-refractivity contribution is -0.134. The summed E-state index contributed by atoms with van der Waals surface area (Å²) in [6.07, 6.45) is -2.14. The van der Waals surface area contributed by atoms with Crippen molar-refractivity contribution in [3.63, 3.8) is 0 Å². The summed E-state index contributed by atoms with van der Waals surface area (Å²) < 4.78 is 40.3. The molecule has 0 aliphatic heterocycles. The molecule has 0 aliphatic carbocycles. The molecule has 0 saturated carbocycles. The largest absolute Gasteiger partial charge is 0.425 e. The average Bonchev–Trinajstić information content (AvgIpc) is 3.14. The fraction of sp³-hybridized carbons (Fsp3) is 0.400. The molecule has 0 fully saturated rings. The number of hydrogen-bond donors (Lipinski definition) is 1. The lowest BCUT2D eigenvalue weighted by atomic mass is 9.92. The number of carbonyl (C=O) groups excluding carboxylic acids is 1. The van der Waals surface area contributed by atoms with Gasteiger partial charge in [0.2, 0.25) is 5.91 Å². The molecule has 0 spiro atoms. The monoisotopic (exact) mass is 409 g/mol. The van der Waals surface area contributed by atoms with Crippen molar-refractivity contribution < 1.29 is 18.0 Å². The summed E-state index contributed by atoms with van der Waals surface area (Å²) in [6.45, 7) is 8.16. The number of rotatable bonds is 4. The Hall–Kier alpha value is -2.35. The van der Waals surface area contributed by atoms with Gasteiger partial charge in [0.05, 0.1) is 17.6 Å². The molecule has 3 aromatic rings. The van der Waals surface area contributed by atoms with Gasteiger partial charge >= 0.3 is 6.18 Å². The molecular formula is C20H22F3N3OS. The van der Waals surface area contributed by atoms with Crippen LogP contribution in [-0.4, -0.2) is 15.5 Å². The van der Waals surface area contributed by atoms with E-state index in [0.717, 1.165) is 28.5 Å². The van der Waals surface area contributed by atoms with Gasteiger partial charge in [-0.3, -0.25) is 4.79 Å². The first-order valence-electron chi connectivity index (χ1n) is 8.85. The smallest absolute Gasteiger partial charge is 0.341 e. The van der Waals surface area contributed by atoms with Gasteiger partial charge < -0.3 is 9.88 Å². The van der Waals surface area contributed by atoms with Crippen LogP contribution in [0.5, 0.6) is 0 Å². The van der Waals surface area contributed by atoms with Crippen LogP contribution < -0.4 is 5.32 Å². The Balaban J connectivity index is 1.82. The van der Waals surface area contributed by atoms with Gasteiger partial charge in [0.1, 0.15) is 10.7 Å². The van der Waals surface area contributed by atoms with Crippen molar-refractivity contribution in [3.05, 3.63) is 45.8 Å². The van der Waals surface area contributed by atoms with Crippen LogP contribution in [0, 0.1) is 12.3 Å². The van der Waals surface area contributed by atoms with Gasteiger partial charge in [-0.15, -0.1) is 11.3 Å². The van der Waals surface area contributed by atoms with Crippen LogP contribution in [0.3, 0.4) is 0 Å². The topological polar surface area (TPSA) is 46.9 Å². The van der Waals surface area contributed by atoms with Crippen molar-refractivity contribution in [2.24, 2.45) is 5.41 Å². The van der Waals surface area contributed by atoms with E-state index in [1.165, 1.54) is 6.07 Å². The molecule has 0 bridgehead atoms. The van der Waals surface area contributed by atoms with Crippen molar-refractivity contribution in [2.75, 3.05) is 5.32 Å². The van der Waals surface area contributed by atoms with Gasteiger partial charge in [-0.1, -0.05) is 20.8 Å². The SMILES string of the molecule is Cc1cc2c(ccn2Cc2ccc(C(F)(F)F)s2)nc1NC(=O)CC(C)(C)C. The number of nitrogens with one attached hydrogen (secondary N) is 1. The molecule has 0 aliphatic rings. The standard InChI is InChI=1S/C20H22F3N3OS/c1-12-9-15-14(24-18(12)25-17(27)10-19(2,3)4)7-8-26(15)11-13-5-6-16(28-13)20(21,22)23/h5-9H,10-11H2,1-4H3,(H,24,25,27). The molecule has 150 valence electrons. The molecule has 0 radical (unpaired) electrons. The van der Waals surface area contributed by atoms with Crippen molar-refractivity contribution >= 4 is 34.1 Å². The maximum absolute atomic E-state index is 12.8. The summed E-state index contributed by atoms with van der Waals surface area (Å²) in [4.78, 5) is 16.7. The van der Waals surface area contributed by atoms with Crippen molar-refractivity contribution in [1.29, 1.82) is 0 Å². The average molecular weight is 409 g/mol. The number of aryl methyl sites for hydroxylation is 1. The zero-order valence-electron chi connectivity index (χ0n) is 16.1. The fourth-order valence-electron chi connectivity index (χ4n) is 2.91. The second-order valence-electron chi connectivity index (χ2n) is 8.05. The van der Waals surface area contributed by atoms with E-state index in [1.807, 2.05) is 38.3 Å². The van der Waals surface area contributed by atoms with Gasteiger partial charge in [-0.05, 0) is 42.2 Å². The summed E-state index contributed by atoms with van der Waals surface area (Å²) in [7, 11) is 0. The summed E-state index contributed by atoms with van der Waals surface area (Å²) in [6, 6.07) is 6.30. The highest BCUT2D eigenvalue weighted by atomic mass is 32.1. The highest BCUT2D eigenvalue weighted by Crippen LogP contribution is 2.35. The van der Waals surface area contributed by atoms with Gasteiger partial charge in [0.25, 0.3) is 0 Å². The number of pyridine rings is 1. The predicted molar refractivity (Wildman–Crippen MR) is 106 cm³/mol. The zero-order chi connectivity index (χ0) is 20.7. The third-order valence-electron chi connectivity index (χ3n) is 4.16. The molecule has 3 heterocycles. The van der Waals surface area contributed by atoms with E-state index in [0.29, 0.717) is 29.2 Å². The Labute approximate surface area is 165 Å². The molecule has 1 N–H and O–H groups in total. The minimum Gasteiger partial charge on any atom is -0.341 e. The number of anilines is 1. The van der Waals surface area contributed by atoms with Crippen LogP contribution in [-0.2, 0) is 17.5 Å². The van der Waals surface area contributed by atoms with E-state index < -0.39 is 11.1 Å². The van der Waals surface area contributed by atoms with Crippen molar-refractivity contribution in [1.82, 2.24) is 9.55 Å². The lowest BCUT2D eigenvalue weighted by Gasteiger charge is -2.17. The van der Waals surface area contributed by atoms with E-state index in [2.05, 4.69) is 10.3 Å². The minimum atomic E-state index is -4.32. The third kappa shape index (κ3) is 4.73.